The molecule has 5 heteroatoms. The minimum absolute atomic E-state index is 0.348. The zero-order valence-electron chi connectivity index (χ0n) is 8.65. The Bertz CT molecular complexity index is 222. The molecule has 80 valence electrons. The van der Waals surface area contributed by atoms with Gasteiger partial charge in [0.15, 0.2) is 0 Å². The lowest BCUT2D eigenvalue weighted by molar-refractivity contribution is -0.135. The van der Waals surface area contributed by atoms with E-state index in [0.29, 0.717) is 25.5 Å². The quantitative estimate of drug-likeness (QED) is 0.484. The van der Waals surface area contributed by atoms with Crippen LogP contribution in [0, 0.1) is 0 Å². The summed E-state index contributed by atoms with van der Waals surface area (Å²) >= 11 is 0. The summed E-state index contributed by atoms with van der Waals surface area (Å²) in [7, 11) is 0. The number of rotatable bonds is 3. The Morgan fingerprint density at radius 3 is 2.71 bits per heavy atom. The number of ether oxygens (including phenoxy) is 2. The number of carbonyl (C=O) groups excluding carboxylic acids is 1. The van der Waals surface area contributed by atoms with Crippen molar-refractivity contribution in [2.75, 3.05) is 32.9 Å². The third-order valence-corrected chi connectivity index (χ3v) is 1.85. The summed E-state index contributed by atoms with van der Waals surface area (Å²) in [5.74, 6) is -0.348. The molecule has 1 aliphatic rings. The van der Waals surface area contributed by atoms with Gasteiger partial charge < -0.3 is 9.47 Å². The summed E-state index contributed by atoms with van der Waals surface area (Å²) in [5.41, 5.74) is 0.397. The van der Waals surface area contributed by atoms with Crippen molar-refractivity contribution in [1.82, 2.24) is 5.01 Å². The van der Waals surface area contributed by atoms with E-state index >= 15 is 0 Å². The molecular formula is C9H16N2O3. The lowest BCUT2D eigenvalue weighted by Gasteiger charge is -2.24. The van der Waals surface area contributed by atoms with Crippen molar-refractivity contribution in [1.29, 1.82) is 0 Å². The van der Waals surface area contributed by atoms with E-state index in [9.17, 15) is 4.79 Å². The van der Waals surface area contributed by atoms with Crippen LogP contribution in [0.5, 0.6) is 0 Å². The minimum Gasteiger partial charge on any atom is -0.461 e. The molecule has 0 radical (unpaired) electrons. The van der Waals surface area contributed by atoms with Crippen molar-refractivity contribution in [2.45, 2.75) is 13.8 Å². The molecule has 0 aromatic carbocycles. The molecule has 0 bridgehead atoms. The molecule has 0 atom stereocenters. The third-order valence-electron chi connectivity index (χ3n) is 1.85. The first kappa shape index (κ1) is 11.0. The normalized spacial score (nSPS) is 18.1. The molecule has 1 aliphatic heterocycles. The van der Waals surface area contributed by atoms with Crippen LogP contribution in [-0.2, 0) is 14.3 Å². The van der Waals surface area contributed by atoms with E-state index in [-0.39, 0.29) is 5.97 Å². The average molecular weight is 200 g/mol. The Kier molecular flexibility index (Phi) is 4.39. The van der Waals surface area contributed by atoms with Crippen LogP contribution in [0.4, 0.5) is 0 Å². The van der Waals surface area contributed by atoms with E-state index in [1.165, 1.54) is 0 Å². The first-order valence-electron chi connectivity index (χ1n) is 4.79. The molecule has 1 saturated heterocycles. The SMILES string of the molecule is CCOC(=O)/C(C)=N/N1CCOCC1. The van der Waals surface area contributed by atoms with Crippen LogP contribution in [-0.4, -0.2) is 49.6 Å². The lowest BCUT2D eigenvalue weighted by atomic mass is 10.4. The van der Waals surface area contributed by atoms with Gasteiger partial charge in [0.25, 0.3) is 0 Å². The van der Waals surface area contributed by atoms with Crippen molar-refractivity contribution in [2.24, 2.45) is 5.10 Å². The number of hydrogen-bond donors (Lipinski definition) is 0. The number of carbonyl (C=O) groups is 1. The van der Waals surface area contributed by atoms with Crippen molar-refractivity contribution in [3.63, 3.8) is 0 Å². The van der Waals surface area contributed by atoms with E-state index in [1.54, 1.807) is 13.8 Å². The standard InChI is InChI=1S/C9H16N2O3/c1-3-14-9(12)8(2)10-11-4-6-13-7-5-11/h3-7H2,1-2H3/b10-8+. The molecule has 0 aromatic rings. The Hall–Kier alpha value is -1.10. The van der Waals surface area contributed by atoms with Crippen LogP contribution < -0.4 is 0 Å². The summed E-state index contributed by atoms with van der Waals surface area (Å²) in [4.78, 5) is 11.2. The molecule has 14 heavy (non-hydrogen) atoms. The van der Waals surface area contributed by atoms with Gasteiger partial charge >= 0.3 is 5.97 Å². The monoisotopic (exact) mass is 200 g/mol. The van der Waals surface area contributed by atoms with Gasteiger partial charge in [-0.1, -0.05) is 0 Å². The van der Waals surface area contributed by atoms with Crippen LogP contribution in [0.15, 0.2) is 5.10 Å². The summed E-state index contributed by atoms with van der Waals surface area (Å²) in [5, 5.41) is 5.98. The number of esters is 1. The number of hydrazone groups is 1. The van der Waals surface area contributed by atoms with Crippen LogP contribution in [0.25, 0.3) is 0 Å². The zero-order valence-corrected chi connectivity index (χ0v) is 8.65. The molecule has 0 saturated carbocycles. The van der Waals surface area contributed by atoms with E-state index < -0.39 is 0 Å². The van der Waals surface area contributed by atoms with Crippen LogP contribution in [0.2, 0.25) is 0 Å². The highest BCUT2D eigenvalue weighted by molar-refractivity contribution is 6.35. The van der Waals surface area contributed by atoms with Crippen LogP contribution in [0.1, 0.15) is 13.8 Å². The van der Waals surface area contributed by atoms with Gasteiger partial charge in [0.05, 0.1) is 32.9 Å². The Labute approximate surface area is 83.7 Å². The molecule has 0 aliphatic carbocycles. The molecule has 0 unspecified atom stereocenters. The largest absolute Gasteiger partial charge is 0.461 e. The molecule has 5 nitrogen and oxygen atoms in total. The second-order valence-corrected chi connectivity index (χ2v) is 2.97. The van der Waals surface area contributed by atoms with Crippen molar-refractivity contribution < 1.29 is 14.3 Å². The fourth-order valence-corrected chi connectivity index (χ4v) is 1.14. The third kappa shape index (κ3) is 3.33. The molecule has 0 N–H and O–H groups in total. The summed E-state index contributed by atoms with van der Waals surface area (Å²) in [6, 6.07) is 0. The first-order valence-corrected chi connectivity index (χ1v) is 4.79. The predicted octanol–water partition coefficient (Wildman–Crippen LogP) is 0.258. The molecule has 1 rings (SSSR count). The summed E-state index contributed by atoms with van der Waals surface area (Å²) < 4.78 is 9.98. The summed E-state index contributed by atoms with van der Waals surface area (Å²) in [6.45, 7) is 6.62. The second kappa shape index (κ2) is 5.59. The van der Waals surface area contributed by atoms with E-state index in [0.717, 1.165) is 13.1 Å². The van der Waals surface area contributed by atoms with Gasteiger partial charge in [0.1, 0.15) is 5.71 Å². The highest BCUT2D eigenvalue weighted by atomic mass is 16.5. The van der Waals surface area contributed by atoms with Crippen molar-refractivity contribution >= 4 is 11.7 Å². The Morgan fingerprint density at radius 2 is 2.14 bits per heavy atom. The number of nitrogens with zero attached hydrogens (tertiary/aromatic N) is 2. The molecule has 0 amide bonds. The number of hydrogen-bond acceptors (Lipinski definition) is 5. The van der Waals surface area contributed by atoms with Gasteiger partial charge in [-0.3, -0.25) is 5.01 Å². The second-order valence-electron chi connectivity index (χ2n) is 2.97. The maximum absolute atomic E-state index is 11.2. The molecular weight excluding hydrogens is 184 g/mol. The maximum atomic E-state index is 11.2. The fourth-order valence-electron chi connectivity index (χ4n) is 1.14. The lowest BCUT2D eigenvalue weighted by Crippen LogP contribution is -2.34. The zero-order chi connectivity index (χ0) is 10.4. The highest BCUT2D eigenvalue weighted by Gasteiger charge is 2.11. The molecule has 0 aromatic heterocycles. The van der Waals surface area contributed by atoms with Crippen LogP contribution in [0.3, 0.4) is 0 Å². The van der Waals surface area contributed by atoms with Gasteiger partial charge in [0, 0.05) is 0 Å². The van der Waals surface area contributed by atoms with E-state index in [4.69, 9.17) is 9.47 Å². The van der Waals surface area contributed by atoms with Crippen LogP contribution >= 0.6 is 0 Å². The highest BCUT2D eigenvalue weighted by Crippen LogP contribution is 1.98. The molecule has 0 spiro atoms. The van der Waals surface area contributed by atoms with Gasteiger partial charge in [-0.25, -0.2) is 4.79 Å². The summed E-state index contributed by atoms with van der Waals surface area (Å²) in [6.07, 6.45) is 0. The first-order chi connectivity index (χ1) is 6.74. The Balaban J connectivity index is 2.44. The van der Waals surface area contributed by atoms with Gasteiger partial charge in [-0.05, 0) is 13.8 Å². The number of morpholine rings is 1. The van der Waals surface area contributed by atoms with E-state index in [1.807, 2.05) is 5.01 Å². The smallest absolute Gasteiger partial charge is 0.354 e. The van der Waals surface area contributed by atoms with Crippen molar-refractivity contribution in [3.05, 3.63) is 0 Å². The van der Waals surface area contributed by atoms with Crippen molar-refractivity contribution in [3.8, 4) is 0 Å². The molecule has 1 heterocycles. The fraction of sp³-hybridized carbons (Fsp3) is 0.778. The topological polar surface area (TPSA) is 51.1 Å². The molecule has 1 fully saturated rings. The maximum Gasteiger partial charge on any atom is 0.354 e. The van der Waals surface area contributed by atoms with Gasteiger partial charge in [-0.2, -0.15) is 5.10 Å². The van der Waals surface area contributed by atoms with Gasteiger partial charge in [-0.15, -0.1) is 0 Å². The Morgan fingerprint density at radius 1 is 1.50 bits per heavy atom. The van der Waals surface area contributed by atoms with E-state index in [2.05, 4.69) is 5.10 Å². The van der Waals surface area contributed by atoms with Gasteiger partial charge in [0.2, 0.25) is 0 Å². The predicted molar refractivity (Wildman–Crippen MR) is 52.1 cm³/mol. The minimum atomic E-state index is -0.348. The average Bonchev–Trinajstić information content (AvgIpc) is 2.19.